The molecule has 1 aliphatic heterocycles. The summed E-state index contributed by atoms with van der Waals surface area (Å²) in [5, 5.41) is 3.43. The lowest BCUT2D eigenvalue weighted by atomic mass is 9.95. The van der Waals surface area contributed by atoms with Crippen LogP contribution < -0.4 is 10.1 Å². The van der Waals surface area contributed by atoms with Gasteiger partial charge in [-0.15, -0.1) is 12.4 Å². The maximum absolute atomic E-state index is 5.50. The Hall–Kier alpha value is -0.870. The van der Waals surface area contributed by atoms with Crippen LogP contribution in [0.4, 0.5) is 0 Å². The fraction of sp³-hybridized carbons (Fsp3) is 0.667. The van der Waals surface area contributed by atoms with E-state index in [-0.39, 0.29) is 12.4 Å². The van der Waals surface area contributed by atoms with Crippen molar-refractivity contribution < 1.29 is 4.74 Å². The molecule has 4 nitrogen and oxygen atoms in total. The van der Waals surface area contributed by atoms with Gasteiger partial charge in [-0.1, -0.05) is 0 Å². The van der Waals surface area contributed by atoms with E-state index in [9.17, 15) is 0 Å². The zero-order valence-corrected chi connectivity index (χ0v) is 10.8. The second-order valence-electron chi connectivity index (χ2n) is 4.25. The Morgan fingerprint density at radius 1 is 1.41 bits per heavy atom. The molecule has 0 amide bonds. The summed E-state index contributed by atoms with van der Waals surface area (Å²) in [5.41, 5.74) is 0. The van der Waals surface area contributed by atoms with Crippen LogP contribution in [-0.2, 0) is 0 Å². The van der Waals surface area contributed by atoms with Gasteiger partial charge in [0.2, 0.25) is 5.88 Å². The zero-order chi connectivity index (χ0) is 11.1. The minimum atomic E-state index is 0. The fourth-order valence-corrected chi connectivity index (χ4v) is 2.08. The van der Waals surface area contributed by atoms with Gasteiger partial charge in [0.15, 0.2) is 0 Å². The quantitative estimate of drug-likeness (QED) is 0.821. The van der Waals surface area contributed by atoms with Crippen LogP contribution in [-0.4, -0.2) is 29.7 Å². The van der Waals surface area contributed by atoms with Crippen LogP contribution in [0.15, 0.2) is 18.6 Å². The van der Waals surface area contributed by atoms with Crippen molar-refractivity contribution in [2.75, 3.05) is 19.7 Å². The van der Waals surface area contributed by atoms with Gasteiger partial charge in [0.05, 0.1) is 12.8 Å². The number of ether oxygens (including phenoxy) is 1. The molecule has 96 valence electrons. The molecule has 2 rings (SSSR count). The number of piperidine rings is 1. The number of halogens is 1. The summed E-state index contributed by atoms with van der Waals surface area (Å²) in [4.78, 5) is 8.02. The number of nitrogens with one attached hydrogen (secondary N) is 1. The Bertz CT molecular complexity index is 291. The minimum absolute atomic E-state index is 0. The lowest BCUT2D eigenvalue weighted by Crippen LogP contribution is -2.29. The highest BCUT2D eigenvalue weighted by atomic mass is 35.5. The number of nitrogens with zero attached hydrogens (tertiary/aromatic N) is 2. The van der Waals surface area contributed by atoms with E-state index in [0.717, 1.165) is 18.9 Å². The Labute approximate surface area is 109 Å². The van der Waals surface area contributed by atoms with Gasteiger partial charge in [-0.25, -0.2) is 4.98 Å². The third-order valence-corrected chi connectivity index (χ3v) is 2.95. The largest absolute Gasteiger partial charge is 0.477 e. The average Bonchev–Trinajstić information content (AvgIpc) is 2.37. The highest BCUT2D eigenvalue weighted by Gasteiger charge is 2.12. The van der Waals surface area contributed by atoms with Crippen LogP contribution in [0.2, 0.25) is 0 Å². The molecule has 1 unspecified atom stereocenters. The first-order chi connectivity index (χ1) is 7.95. The highest BCUT2D eigenvalue weighted by molar-refractivity contribution is 5.85. The van der Waals surface area contributed by atoms with Crippen LogP contribution in [0.1, 0.15) is 25.7 Å². The van der Waals surface area contributed by atoms with Gasteiger partial charge in [0, 0.05) is 12.4 Å². The van der Waals surface area contributed by atoms with Gasteiger partial charge in [0.25, 0.3) is 0 Å². The normalized spacial score (nSPS) is 19.4. The van der Waals surface area contributed by atoms with Crippen LogP contribution in [0.3, 0.4) is 0 Å². The molecule has 1 fully saturated rings. The predicted octanol–water partition coefficient (Wildman–Crippen LogP) is 2.06. The van der Waals surface area contributed by atoms with Crippen LogP contribution in [0.5, 0.6) is 5.88 Å². The molecule has 0 bridgehead atoms. The average molecular weight is 258 g/mol. The summed E-state index contributed by atoms with van der Waals surface area (Å²) in [5.74, 6) is 1.46. The predicted molar refractivity (Wildman–Crippen MR) is 69.6 cm³/mol. The van der Waals surface area contributed by atoms with E-state index in [4.69, 9.17) is 4.74 Å². The number of rotatable bonds is 5. The zero-order valence-electron chi connectivity index (χ0n) is 9.97. The van der Waals surface area contributed by atoms with Crippen molar-refractivity contribution in [2.45, 2.75) is 25.7 Å². The molecule has 0 spiro atoms. The molecule has 17 heavy (non-hydrogen) atoms. The highest BCUT2D eigenvalue weighted by Crippen LogP contribution is 2.15. The van der Waals surface area contributed by atoms with Crippen molar-refractivity contribution in [3.05, 3.63) is 18.6 Å². The number of hydrogen-bond acceptors (Lipinski definition) is 4. The van der Waals surface area contributed by atoms with E-state index in [2.05, 4.69) is 15.3 Å². The molecule has 5 heteroatoms. The van der Waals surface area contributed by atoms with E-state index < -0.39 is 0 Å². The van der Waals surface area contributed by atoms with Crippen LogP contribution >= 0.6 is 12.4 Å². The Morgan fingerprint density at radius 3 is 3.06 bits per heavy atom. The lowest BCUT2D eigenvalue weighted by Gasteiger charge is -2.22. The van der Waals surface area contributed by atoms with Crippen molar-refractivity contribution >= 4 is 12.4 Å². The molecule has 0 aliphatic carbocycles. The second-order valence-corrected chi connectivity index (χ2v) is 4.25. The molecule has 1 atom stereocenters. The first kappa shape index (κ1) is 14.2. The monoisotopic (exact) mass is 257 g/mol. The van der Waals surface area contributed by atoms with Crippen molar-refractivity contribution in [2.24, 2.45) is 5.92 Å². The van der Waals surface area contributed by atoms with E-state index in [1.807, 2.05) is 0 Å². The lowest BCUT2D eigenvalue weighted by molar-refractivity contribution is 0.267. The van der Waals surface area contributed by atoms with E-state index in [0.29, 0.717) is 5.88 Å². The smallest absolute Gasteiger partial charge is 0.232 e. The molecule has 1 saturated heterocycles. The van der Waals surface area contributed by atoms with Gasteiger partial charge in [0.1, 0.15) is 0 Å². The van der Waals surface area contributed by atoms with E-state index in [1.54, 1.807) is 18.6 Å². The Morgan fingerprint density at radius 2 is 2.35 bits per heavy atom. The molecule has 1 N–H and O–H groups in total. The molecule has 1 aromatic rings. The number of aromatic nitrogens is 2. The van der Waals surface area contributed by atoms with Crippen molar-refractivity contribution in [1.29, 1.82) is 0 Å². The van der Waals surface area contributed by atoms with Gasteiger partial charge in [-0.2, -0.15) is 0 Å². The van der Waals surface area contributed by atoms with Gasteiger partial charge in [-0.3, -0.25) is 4.98 Å². The van der Waals surface area contributed by atoms with Crippen molar-refractivity contribution in [3.8, 4) is 5.88 Å². The summed E-state index contributed by atoms with van der Waals surface area (Å²) in [6.07, 6.45) is 9.98. The van der Waals surface area contributed by atoms with Gasteiger partial charge >= 0.3 is 0 Å². The summed E-state index contributed by atoms with van der Waals surface area (Å²) >= 11 is 0. The molecular formula is C12H20ClN3O. The Balaban J connectivity index is 0.00000144. The molecule has 1 aliphatic rings. The molecule has 1 aromatic heterocycles. The molecular weight excluding hydrogens is 238 g/mol. The number of hydrogen-bond donors (Lipinski definition) is 1. The maximum atomic E-state index is 5.50. The topological polar surface area (TPSA) is 47.0 Å². The summed E-state index contributed by atoms with van der Waals surface area (Å²) in [6, 6.07) is 0. The van der Waals surface area contributed by atoms with Crippen LogP contribution in [0, 0.1) is 5.92 Å². The third-order valence-electron chi connectivity index (χ3n) is 2.95. The molecule has 0 aromatic carbocycles. The Kier molecular flexibility index (Phi) is 6.89. The fourth-order valence-electron chi connectivity index (χ4n) is 2.08. The summed E-state index contributed by atoms with van der Waals surface area (Å²) in [6.45, 7) is 3.10. The molecule has 0 radical (unpaired) electrons. The summed E-state index contributed by atoms with van der Waals surface area (Å²) in [7, 11) is 0. The van der Waals surface area contributed by atoms with E-state index >= 15 is 0 Å². The van der Waals surface area contributed by atoms with E-state index in [1.165, 1.54) is 32.4 Å². The SMILES string of the molecule is Cl.c1cnc(OCCCC2CCCNC2)cn1. The first-order valence-electron chi connectivity index (χ1n) is 6.04. The van der Waals surface area contributed by atoms with Crippen LogP contribution in [0.25, 0.3) is 0 Å². The first-order valence-corrected chi connectivity index (χ1v) is 6.04. The third kappa shape index (κ3) is 5.33. The van der Waals surface area contributed by atoms with Crippen molar-refractivity contribution in [1.82, 2.24) is 15.3 Å². The van der Waals surface area contributed by atoms with Crippen molar-refractivity contribution in [3.63, 3.8) is 0 Å². The maximum Gasteiger partial charge on any atom is 0.232 e. The van der Waals surface area contributed by atoms with Gasteiger partial charge < -0.3 is 10.1 Å². The molecule has 2 heterocycles. The minimum Gasteiger partial charge on any atom is -0.477 e. The second kappa shape index (κ2) is 8.25. The molecule has 0 saturated carbocycles. The standard InChI is InChI=1S/C12H19N3O.ClH/c1-3-11(9-13-5-1)4-2-8-16-12-10-14-6-7-15-12;/h6-7,10-11,13H,1-5,8-9H2;1H. The summed E-state index contributed by atoms with van der Waals surface area (Å²) < 4.78 is 5.50. The van der Waals surface area contributed by atoms with Gasteiger partial charge in [-0.05, 0) is 44.7 Å².